The minimum absolute atomic E-state index is 0.224. The van der Waals surface area contributed by atoms with Crippen molar-refractivity contribution < 1.29 is 12.6 Å². The van der Waals surface area contributed by atoms with Crippen molar-refractivity contribution in [2.45, 2.75) is 51.4 Å². The van der Waals surface area contributed by atoms with E-state index in [9.17, 15) is 8.42 Å². The van der Waals surface area contributed by atoms with Crippen LogP contribution in [0.5, 0.6) is 0 Å². The highest BCUT2D eigenvalue weighted by molar-refractivity contribution is 7.87. The molecule has 4 nitrogen and oxygen atoms in total. The summed E-state index contributed by atoms with van der Waals surface area (Å²) >= 11 is 0. The van der Waals surface area contributed by atoms with E-state index in [4.69, 9.17) is 9.92 Å². The zero-order chi connectivity index (χ0) is 11.2. The molecule has 0 aromatic carbocycles. The van der Waals surface area contributed by atoms with Crippen LogP contribution in [0.4, 0.5) is 0 Å². The normalized spacial score (nSPS) is 16.6. The molecule has 0 fully saturated rings. The van der Waals surface area contributed by atoms with Gasteiger partial charge in [0.25, 0.3) is 10.1 Å². The quantitative estimate of drug-likeness (QED) is 0.660. The van der Waals surface area contributed by atoms with Crippen LogP contribution in [0.3, 0.4) is 0 Å². The molecule has 2 N–H and O–H groups in total. The Morgan fingerprint density at radius 3 is 2.29 bits per heavy atom. The second-order valence-electron chi connectivity index (χ2n) is 3.45. The lowest BCUT2D eigenvalue weighted by Gasteiger charge is -2.17. The molecule has 0 aliphatic rings. The van der Waals surface area contributed by atoms with Crippen molar-refractivity contribution in [2.24, 2.45) is 5.73 Å². The first kappa shape index (κ1) is 13.9. The van der Waals surface area contributed by atoms with Crippen molar-refractivity contribution in [1.29, 1.82) is 0 Å². The molecular formula is C9H21NO3S. The average molecular weight is 223 g/mol. The van der Waals surface area contributed by atoms with Gasteiger partial charge in [-0.15, -0.1) is 0 Å². The number of nitrogens with two attached hydrogens (primary N) is 1. The van der Waals surface area contributed by atoms with Crippen LogP contribution in [0.2, 0.25) is 0 Å². The lowest BCUT2D eigenvalue weighted by Crippen LogP contribution is -2.30. The van der Waals surface area contributed by atoms with Gasteiger partial charge in [0.05, 0.1) is 11.4 Å². The Labute approximate surface area is 86.9 Å². The molecule has 0 amide bonds. The third kappa shape index (κ3) is 4.39. The molecule has 0 aliphatic heterocycles. The van der Waals surface area contributed by atoms with E-state index in [1.165, 1.54) is 0 Å². The Balaban J connectivity index is 4.41. The van der Waals surface area contributed by atoms with Crippen molar-refractivity contribution >= 4 is 10.1 Å². The van der Waals surface area contributed by atoms with Gasteiger partial charge in [0, 0.05) is 6.54 Å². The van der Waals surface area contributed by atoms with Crippen LogP contribution in [0, 0.1) is 0 Å². The Bertz CT molecular complexity index is 238. The summed E-state index contributed by atoms with van der Waals surface area (Å²) in [4.78, 5) is 0. The SMILES string of the molecule is CCCC(CC)S(=O)(=O)OC(C)CN. The van der Waals surface area contributed by atoms with Gasteiger partial charge < -0.3 is 5.73 Å². The first-order chi connectivity index (χ1) is 6.47. The number of hydrogen-bond donors (Lipinski definition) is 1. The minimum atomic E-state index is -3.43. The van der Waals surface area contributed by atoms with E-state index < -0.39 is 16.2 Å². The van der Waals surface area contributed by atoms with Gasteiger partial charge in [-0.3, -0.25) is 4.18 Å². The van der Waals surface area contributed by atoms with Crippen LogP contribution in [-0.4, -0.2) is 26.3 Å². The molecule has 0 aromatic rings. The summed E-state index contributed by atoms with van der Waals surface area (Å²) in [7, 11) is -3.43. The maximum atomic E-state index is 11.6. The first-order valence-electron chi connectivity index (χ1n) is 5.10. The van der Waals surface area contributed by atoms with Crippen molar-refractivity contribution in [3.8, 4) is 0 Å². The highest BCUT2D eigenvalue weighted by Gasteiger charge is 2.25. The molecule has 0 bridgehead atoms. The maximum absolute atomic E-state index is 11.6. The van der Waals surface area contributed by atoms with Gasteiger partial charge >= 0.3 is 0 Å². The van der Waals surface area contributed by atoms with Crippen LogP contribution < -0.4 is 5.73 Å². The predicted molar refractivity (Wildman–Crippen MR) is 57.5 cm³/mol. The largest absolute Gasteiger partial charge is 0.328 e. The summed E-state index contributed by atoms with van der Waals surface area (Å²) in [6.07, 6.45) is 1.66. The third-order valence-corrected chi connectivity index (χ3v) is 4.09. The zero-order valence-electron chi connectivity index (χ0n) is 9.19. The smallest absolute Gasteiger partial charge is 0.270 e. The topological polar surface area (TPSA) is 69.4 Å². The highest BCUT2D eigenvalue weighted by atomic mass is 32.2. The van der Waals surface area contributed by atoms with Crippen molar-refractivity contribution in [1.82, 2.24) is 0 Å². The van der Waals surface area contributed by atoms with Gasteiger partial charge in [0.1, 0.15) is 0 Å². The molecular weight excluding hydrogens is 202 g/mol. The molecule has 2 atom stereocenters. The number of hydrogen-bond acceptors (Lipinski definition) is 4. The Hall–Kier alpha value is -0.130. The summed E-state index contributed by atoms with van der Waals surface area (Å²) in [6, 6.07) is 0. The monoisotopic (exact) mass is 223 g/mol. The molecule has 0 heterocycles. The van der Waals surface area contributed by atoms with Crippen molar-refractivity contribution in [2.75, 3.05) is 6.54 Å². The molecule has 0 spiro atoms. The van der Waals surface area contributed by atoms with E-state index in [1.54, 1.807) is 6.92 Å². The van der Waals surface area contributed by atoms with Gasteiger partial charge in [0.2, 0.25) is 0 Å². The Kier molecular flexibility index (Phi) is 6.31. The molecule has 0 saturated heterocycles. The molecule has 0 aromatic heterocycles. The summed E-state index contributed by atoms with van der Waals surface area (Å²) < 4.78 is 28.2. The third-order valence-electron chi connectivity index (χ3n) is 2.10. The summed E-state index contributed by atoms with van der Waals surface area (Å²) in [6.45, 7) is 5.71. The highest BCUT2D eigenvalue weighted by Crippen LogP contribution is 2.15. The van der Waals surface area contributed by atoms with Gasteiger partial charge in [0.15, 0.2) is 0 Å². The lowest BCUT2D eigenvalue weighted by atomic mass is 10.2. The molecule has 0 rings (SSSR count). The predicted octanol–water partition coefficient (Wildman–Crippen LogP) is 1.26. The first-order valence-corrected chi connectivity index (χ1v) is 6.57. The summed E-state index contributed by atoms with van der Waals surface area (Å²) in [5.41, 5.74) is 5.31. The van der Waals surface area contributed by atoms with Crippen LogP contribution in [0.25, 0.3) is 0 Å². The Morgan fingerprint density at radius 2 is 1.93 bits per heavy atom. The van der Waals surface area contributed by atoms with Crippen molar-refractivity contribution in [3.05, 3.63) is 0 Å². The zero-order valence-corrected chi connectivity index (χ0v) is 10.0. The molecule has 14 heavy (non-hydrogen) atoms. The maximum Gasteiger partial charge on any atom is 0.270 e. The van der Waals surface area contributed by atoms with E-state index in [2.05, 4.69) is 0 Å². The van der Waals surface area contributed by atoms with Gasteiger partial charge in [-0.1, -0.05) is 20.3 Å². The molecule has 86 valence electrons. The van der Waals surface area contributed by atoms with Crippen LogP contribution in [0.1, 0.15) is 40.0 Å². The van der Waals surface area contributed by atoms with Gasteiger partial charge in [-0.05, 0) is 19.8 Å². The van der Waals surface area contributed by atoms with E-state index in [-0.39, 0.29) is 11.8 Å². The van der Waals surface area contributed by atoms with E-state index in [0.717, 1.165) is 6.42 Å². The molecule has 0 aliphatic carbocycles. The number of rotatable bonds is 7. The average Bonchev–Trinajstić information content (AvgIpc) is 2.12. The summed E-state index contributed by atoms with van der Waals surface area (Å²) in [5, 5.41) is -0.388. The summed E-state index contributed by atoms with van der Waals surface area (Å²) in [5.74, 6) is 0. The fourth-order valence-electron chi connectivity index (χ4n) is 1.22. The molecule has 5 heteroatoms. The second-order valence-corrected chi connectivity index (χ2v) is 5.30. The van der Waals surface area contributed by atoms with Crippen LogP contribution >= 0.6 is 0 Å². The Morgan fingerprint density at radius 1 is 1.36 bits per heavy atom. The van der Waals surface area contributed by atoms with Crippen molar-refractivity contribution in [3.63, 3.8) is 0 Å². The van der Waals surface area contributed by atoms with Gasteiger partial charge in [-0.25, -0.2) is 0 Å². The second kappa shape index (κ2) is 6.37. The lowest BCUT2D eigenvalue weighted by molar-refractivity contribution is 0.231. The molecule has 0 saturated carbocycles. The molecule has 0 radical (unpaired) electrons. The van der Waals surface area contributed by atoms with Crippen LogP contribution in [0.15, 0.2) is 0 Å². The fourth-order valence-corrected chi connectivity index (χ4v) is 2.85. The fraction of sp³-hybridized carbons (Fsp3) is 1.00. The minimum Gasteiger partial charge on any atom is -0.328 e. The van der Waals surface area contributed by atoms with Gasteiger partial charge in [-0.2, -0.15) is 8.42 Å². The van der Waals surface area contributed by atoms with E-state index in [1.807, 2.05) is 13.8 Å². The van der Waals surface area contributed by atoms with E-state index in [0.29, 0.717) is 12.8 Å². The standard InChI is InChI=1S/C9H21NO3S/c1-4-6-9(5-2)14(11,12)13-8(3)7-10/h8-9H,4-7,10H2,1-3H3. The van der Waals surface area contributed by atoms with Crippen LogP contribution in [-0.2, 0) is 14.3 Å². The molecule has 2 unspecified atom stereocenters. The van der Waals surface area contributed by atoms with E-state index >= 15 is 0 Å².